The zero-order valence-electron chi connectivity index (χ0n) is 14.2. The first kappa shape index (κ1) is 17.9. The van der Waals surface area contributed by atoms with Crippen molar-refractivity contribution in [1.82, 2.24) is 0 Å². The molecule has 0 aromatic heterocycles. The Kier molecular flexibility index (Phi) is 5.35. The molecule has 1 N–H and O–H groups in total. The van der Waals surface area contributed by atoms with Crippen LogP contribution >= 0.6 is 0 Å². The molecule has 0 bridgehead atoms. The topological polar surface area (TPSA) is 99.3 Å². The zero-order valence-corrected chi connectivity index (χ0v) is 14.2. The van der Waals surface area contributed by atoms with Crippen molar-refractivity contribution >= 4 is 23.0 Å². The highest BCUT2D eigenvalue weighted by molar-refractivity contribution is 5.95. The molecule has 0 aliphatic carbocycles. The molecule has 0 radical (unpaired) electrons. The number of hydrogen-bond acceptors (Lipinski definition) is 5. The van der Waals surface area contributed by atoms with Crippen LogP contribution in [0, 0.1) is 35.3 Å². The number of carbonyl (C=O) groups excluding carboxylic acids is 1. The number of aryl methyl sites for hydroxylation is 2. The lowest BCUT2D eigenvalue weighted by Crippen LogP contribution is -2.30. The second-order valence-electron chi connectivity index (χ2n) is 5.79. The number of non-ortho nitro benzene ring substituents is 1. The van der Waals surface area contributed by atoms with Crippen LogP contribution in [0.4, 0.5) is 17.1 Å². The van der Waals surface area contributed by atoms with Gasteiger partial charge in [-0.1, -0.05) is 12.1 Å². The molecule has 0 fully saturated rings. The number of likely N-dealkylation sites (N-methyl/N-ethyl adjacent to an activating group) is 1. The van der Waals surface area contributed by atoms with Gasteiger partial charge in [-0.3, -0.25) is 14.9 Å². The zero-order chi connectivity index (χ0) is 18.6. The van der Waals surface area contributed by atoms with Gasteiger partial charge in [0.05, 0.1) is 22.7 Å². The van der Waals surface area contributed by atoms with E-state index in [1.807, 2.05) is 38.1 Å². The molecule has 0 atom stereocenters. The Bertz CT molecular complexity index is 871. The number of rotatable bonds is 5. The number of nitrogens with one attached hydrogen (secondary N) is 1. The normalized spacial score (nSPS) is 10.0. The van der Waals surface area contributed by atoms with E-state index in [0.29, 0.717) is 5.69 Å². The lowest BCUT2D eigenvalue weighted by molar-refractivity contribution is -0.384. The quantitative estimate of drug-likeness (QED) is 0.667. The molecule has 7 nitrogen and oxygen atoms in total. The molecular formula is C18H18N4O3. The summed E-state index contributed by atoms with van der Waals surface area (Å²) in [4.78, 5) is 24.1. The maximum Gasteiger partial charge on any atom is 0.270 e. The van der Waals surface area contributed by atoms with Gasteiger partial charge in [-0.2, -0.15) is 5.26 Å². The fourth-order valence-corrected chi connectivity index (χ4v) is 2.42. The number of nitro groups is 1. The highest BCUT2D eigenvalue weighted by Crippen LogP contribution is 2.24. The summed E-state index contributed by atoms with van der Waals surface area (Å²) in [6.07, 6.45) is 0. The molecule has 2 aromatic rings. The summed E-state index contributed by atoms with van der Waals surface area (Å²) < 4.78 is 0. The first-order chi connectivity index (χ1) is 11.8. The summed E-state index contributed by atoms with van der Waals surface area (Å²) in [5.41, 5.74) is 3.18. The van der Waals surface area contributed by atoms with Crippen LogP contribution in [0.1, 0.15) is 16.7 Å². The Morgan fingerprint density at radius 3 is 2.64 bits per heavy atom. The van der Waals surface area contributed by atoms with Crippen LogP contribution in [0.2, 0.25) is 0 Å². The van der Waals surface area contributed by atoms with E-state index in [2.05, 4.69) is 5.32 Å². The number of benzene rings is 2. The minimum absolute atomic E-state index is 0.0138. The van der Waals surface area contributed by atoms with E-state index >= 15 is 0 Å². The molecule has 0 heterocycles. The number of anilines is 2. The minimum Gasteiger partial charge on any atom is -0.364 e. The average molecular weight is 338 g/mol. The molecule has 1 amide bonds. The fraction of sp³-hybridized carbons (Fsp3) is 0.222. The maximum atomic E-state index is 12.3. The third-order valence-electron chi connectivity index (χ3n) is 3.77. The van der Waals surface area contributed by atoms with Crippen molar-refractivity contribution in [2.24, 2.45) is 0 Å². The van der Waals surface area contributed by atoms with Gasteiger partial charge in [0.25, 0.3) is 5.69 Å². The molecule has 0 saturated heterocycles. The molecule has 2 aromatic carbocycles. The molecule has 0 unspecified atom stereocenters. The molecule has 0 aliphatic rings. The predicted octanol–water partition coefficient (Wildman–Crippen LogP) is 3.16. The van der Waals surface area contributed by atoms with Gasteiger partial charge in [0.15, 0.2) is 0 Å². The third kappa shape index (κ3) is 4.32. The standard InChI is InChI=1S/C18H18N4O3/c1-12-4-5-13(2)16(8-12)20-18(23)11-21(3)17-7-6-15(22(24)25)9-14(17)10-19/h4-9H,11H2,1-3H3,(H,20,23). The van der Waals surface area contributed by atoms with E-state index in [1.54, 1.807) is 11.9 Å². The predicted molar refractivity (Wildman–Crippen MR) is 95.6 cm³/mol. The molecule has 0 saturated carbocycles. The van der Waals surface area contributed by atoms with Gasteiger partial charge >= 0.3 is 0 Å². The van der Waals surface area contributed by atoms with E-state index in [0.717, 1.165) is 16.8 Å². The van der Waals surface area contributed by atoms with Crippen molar-refractivity contribution in [3.8, 4) is 6.07 Å². The summed E-state index contributed by atoms with van der Waals surface area (Å²) in [6, 6.07) is 11.7. The van der Waals surface area contributed by atoms with Gasteiger partial charge in [-0.25, -0.2) is 0 Å². The molecule has 0 aliphatic heterocycles. The molecule has 25 heavy (non-hydrogen) atoms. The summed E-state index contributed by atoms with van der Waals surface area (Å²) >= 11 is 0. The lowest BCUT2D eigenvalue weighted by atomic mass is 10.1. The average Bonchev–Trinajstić information content (AvgIpc) is 2.57. The van der Waals surface area contributed by atoms with E-state index < -0.39 is 4.92 Å². The van der Waals surface area contributed by atoms with E-state index in [9.17, 15) is 20.2 Å². The first-order valence-corrected chi connectivity index (χ1v) is 7.58. The fourth-order valence-electron chi connectivity index (χ4n) is 2.42. The van der Waals surface area contributed by atoms with Gasteiger partial charge < -0.3 is 10.2 Å². The molecule has 128 valence electrons. The molecule has 2 rings (SSSR count). The van der Waals surface area contributed by atoms with E-state index in [-0.39, 0.29) is 23.7 Å². The van der Waals surface area contributed by atoms with Crippen LogP contribution in [0.15, 0.2) is 36.4 Å². The molecular weight excluding hydrogens is 320 g/mol. The molecule has 7 heteroatoms. The monoisotopic (exact) mass is 338 g/mol. The Labute approximate surface area is 145 Å². The Morgan fingerprint density at radius 2 is 2.00 bits per heavy atom. The van der Waals surface area contributed by atoms with Crippen molar-refractivity contribution in [2.75, 3.05) is 23.8 Å². The number of amides is 1. The van der Waals surface area contributed by atoms with Crippen LogP contribution < -0.4 is 10.2 Å². The minimum atomic E-state index is -0.558. The lowest BCUT2D eigenvalue weighted by Gasteiger charge is -2.20. The summed E-state index contributed by atoms with van der Waals surface area (Å²) in [6.45, 7) is 3.86. The van der Waals surface area contributed by atoms with Crippen LogP contribution in [-0.4, -0.2) is 24.4 Å². The van der Waals surface area contributed by atoms with E-state index in [4.69, 9.17) is 0 Å². The summed E-state index contributed by atoms with van der Waals surface area (Å²) in [5, 5.41) is 22.9. The smallest absolute Gasteiger partial charge is 0.270 e. The van der Waals surface area contributed by atoms with Crippen molar-refractivity contribution < 1.29 is 9.72 Å². The molecule has 0 spiro atoms. The summed E-state index contributed by atoms with van der Waals surface area (Å²) in [5.74, 6) is -0.238. The van der Waals surface area contributed by atoms with Crippen LogP contribution in [0.25, 0.3) is 0 Å². The van der Waals surface area contributed by atoms with Crippen LogP contribution in [0.3, 0.4) is 0 Å². The summed E-state index contributed by atoms with van der Waals surface area (Å²) in [7, 11) is 1.66. The second-order valence-corrected chi connectivity index (χ2v) is 5.79. The maximum absolute atomic E-state index is 12.3. The number of nitriles is 1. The van der Waals surface area contributed by atoms with Crippen molar-refractivity contribution in [1.29, 1.82) is 5.26 Å². The van der Waals surface area contributed by atoms with Gasteiger partial charge in [0, 0.05) is 24.9 Å². The highest BCUT2D eigenvalue weighted by atomic mass is 16.6. The van der Waals surface area contributed by atoms with E-state index in [1.165, 1.54) is 18.2 Å². The number of nitrogens with zero attached hydrogens (tertiary/aromatic N) is 3. The second kappa shape index (κ2) is 7.45. The van der Waals surface area contributed by atoms with Crippen LogP contribution in [0.5, 0.6) is 0 Å². The van der Waals surface area contributed by atoms with Gasteiger partial charge in [0.1, 0.15) is 6.07 Å². The Balaban J connectivity index is 2.15. The van der Waals surface area contributed by atoms with Crippen molar-refractivity contribution in [3.05, 3.63) is 63.2 Å². The van der Waals surface area contributed by atoms with Gasteiger partial charge in [0.2, 0.25) is 5.91 Å². The largest absolute Gasteiger partial charge is 0.364 e. The van der Waals surface area contributed by atoms with Crippen molar-refractivity contribution in [2.45, 2.75) is 13.8 Å². The Morgan fingerprint density at radius 1 is 1.28 bits per heavy atom. The number of nitro benzene ring substituents is 1. The SMILES string of the molecule is Cc1ccc(C)c(NC(=O)CN(C)c2ccc([N+](=O)[O-])cc2C#N)c1. The number of carbonyl (C=O) groups is 1. The van der Waals surface area contributed by atoms with Crippen LogP contribution in [-0.2, 0) is 4.79 Å². The third-order valence-corrected chi connectivity index (χ3v) is 3.77. The van der Waals surface area contributed by atoms with Crippen molar-refractivity contribution in [3.63, 3.8) is 0 Å². The Hall–Kier alpha value is -3.40. The highest BCUT2D eigenvalue weighted by Gasteiger charge is 2.16. The van der Waals surface area contributed by atoms with Gasteiger partial charge in [-0.15, -0.1) is 0 Å². The first-order valence-electron chi connectivity index (χ1n) is 7.58. The number of hydrogen-bond donors (Lipinski definition) is 1. The van der Waals surface area contributed by atoms with Gasteiger partial charge in [-0.05, 0) is 37.1 Å².